The second kappa shape index (κ2) is 5.43. The van der Waals surface area contributed by atoms with Crippen molar-refractivity contribution in [3.63, 3.8) is 0 Å². The van der Waals surface area contributed by atoms with Gasteiger partial charge in [0.25, 0.3) is 0 Å². The lowest BCUT2D eigenvalue weighted by Gasteiger charge is -2.17. The molecule has 1 aromatic heterocycles. The number of hydrogen-bond donors (Lipinski definition) is 1. The molecule has 6 nitrogen and oxygen atoms in total. The molecule has 2 N–H and O–H groups in total. The van der Waals surface area contributed by atoms with Crippen LogP contribution in [0.2, 0.25) is 0 Å². The van der Waals surface area contributed by atoms with E-state index in [1.165, 1.54) is 4.68 Å². The molecule has 6 heteroatoms. The molecule has 0 fully saturated rings. The molecule has 0 radical (unpaired) electrons. The number of hydrogen-bond acceptors (Lipinski definition) is 4. The van der Waals surface area contributed by atoms with Crippen molar-refractivity contribution in [3.8, 4) is 5.75 Å². The predicted molar refractivity (Wildman–Crippen MR) is 73.0 cm³/mol. The molecule has 2 aromatic rings. The number of methoxy groups -OCH3 is 1. The van der Waals surface area contributed by atoms with Crippen LogP contribution in [0.1, 0.15) is 0 Å². The molecule has 19 heavy (non-hydrogen) atoms. The Morgan fingerprint density at radius 2 is 2.26 bits per heavy atom. The molecular weight excluding hydrogens is 244 g/mol. The molecule has 1 heterocycles. The molecule has 0 spiro atoms. The number of amides is 1. The average Bonchev–Trinajstić information content (AvgIpc) is 2.83. The molecule has 0 saturated heterocycles. The minimum atomic E-state index is -0.0867. The summed E-state index contributed by atoms with van der Waals surface area (Å²) >= 11 is 0. The average molecular weight is 260 g/mol. The fraction of sp³-hybridized carbons (Fsp3) is 0.231. The van der Waals surface area contributed by atoms with Crippen LogP contribution in [-0.4, -0.2) is 29.8 Å². The Morgan fingerprint density at radius 1 is 1.47 bits per heavy atom. The van der Waals surface area contributed by atoms with Crippen LogP contribution in [0, 0.1) is 0 Å². The Balaban J connectivity index is 2.09. The van der Waals surface area contributed by atoms with E-state index < -0.39 is 0 Å². The van der Waals surface area contributed by atoms with Gasteiger partial charge in [0.05, 0.1) is 7.11 Å². The summed E-state index contributed by atoms with van der Waals surface area (Å²) in [5.74, 6) is 1.02. The number of nitrogens with two attached hydrogens (primary N) is 1. The first-order valence-corrected chi connectivity index (χ1v) is 5.79. The highest BCUT2D eigenvalue weighted by Gasteiger charge is 2.12. The predicted octanol–water partition coefficient (Wildman–Crippen LogP) is 1.14. The lowest BCUT2D eigenvalue weighted by molar-refractivity contribution is -0.119. The normalized spacial score (nSPS) is 10.2. The highest BCUT2D eigenvalue weighted by Crippen LogP contribution is 2.20. The van der Waals surface area contributed by atoms with E-state index in [0.29, 0.717) is 11.6 Å². The summed E-state index contributed by atoms with van der Waals surface area (Å²) in [4.78, 5) is 13.7. The van der Waals surface area contributed by atoms with Crippen molar-refractivity contribution < 1.29 is 9.53 Å². The minimum Gasteiger partial charge on any atom is -0.497 e. The monoisotopic (exact) mass is 260 g/mol. The van der Waals surface area contributed by atoms with E-state index in [0.717, 1.165) is 5.69 Å². The van der Waals surface area contributed by atoms with Gasteiger partial charge >= 0.3 is 0 Å². The second-order valence-corrected chi connectivity index (χ2v) is 4.09. The fourth-order valence-electron chi connectivity index (χ4n) is 1.67. The van der Waals surface area contributed by atoms with Gasteiger partial charge in [-0.05, 0) is 18.2 Å². The molecule has 1 aromatic carbocycles. The molecule has 2 rings (SSSR count). The van der Waals surface area contributed by atoms with Gasteiger partial charge < -0.3 is 15.4 Å². The number of benzene rings is 1. The first-order chi connectivity index (χ1) is 9.10. The van der Waals surface area contributed by atoms with E-state index in [4.69, 9.17) is 10.5 Å². The number of rotatable bonds is 4. The van der Waals surface area contributed by atoms with Crippen molar-refractivity contribution in [3.05, 3.63) is 36.5 Å². The van der Waals surface area contributed by atoms with Crippen LogP contribution in [0.5, 0.6) is 5.75 Å². The Hall–Kier alpha value is -2.50. The summed E-state index contributed by atoms with van der Waals surface area (Å²) in [6.07, 6.45) is 1.67. The van der Waals surface area contributed by atoms with E-state index in [9.17, 15) is 4.79 Å². The molecule has 0 aliphatic carbocycles. The number of nitrogens with zero attached hydrogens (tertiary/aromatic N) is 3. The third kappa shape index (κ3) is 3.04. The zero-order valence-corrected chi connectivity index (χ0v) is 10.9. The Morgan fingerprint density at radius 3 is 2.89 bits per heavy atom. The summed E-state index contributed by atoms with van der Waals surface area (Å²) in [6.45, 7) is 0.144. The van der Waals surface area contributed by atoms with Crippen molar-refractivity contribution in [1.29, 1.82) is 0 Å². The smallest absolute Gasteiger partial charge is 0.248 e. The van der Waals surface area contributed by atoms with E-state index in [-0.39, 0.29) is 12.5 Å². The number of nitrogen functional groups attached to an aromatic ring is 1. The largest absolute Gasteiger partial charge is 0.497 e. The maximum atomic E-state index is 12.1. The van der Waals surface area contributed by atoms with Gasteiger partial charge in [0.15, 0.2) is 0 Å². The molecular formula is C13H16N4O2. The Kier molecular flexibility index (Phi) is 3.70. The fourth-order valence-corrected chi connectivity index (χ4v) is 1.67. The summed E-state index contributed by atoms with van der Waals surface area (Å²) < 4.78 is 6.64. The minimum absolute atomic E-state index is 0.0867. The lowest BCUT2D eigenvalue weighted by atomic mass is 10.2. The molecule has 100 valence electrons. The SMILES string of the molecule is COc1cccc(N(C)C(=O)Cn2ccc(N)n2)c1. The molecule has 0 aliphatic rings. The summed E-state index contributed by atoms with van der Waals surface area (Å²) in [6, 6.07) is 8.96. The molecule has 0 aliphatic heterocycles. The summed E-state index contributed by atoms with van der Waals surface area (Å²) in [7, 11) is 3.30. The van der Waals surface area contributed by atoms with Crippen molar-refractivity contribution in [1.82, 2.24) is 9.78 Å². The lowest BCUT2D eigenvalue weighted by Crippen LogP contribution is -2.30. The zero-order chi connectivity index (χ0) is 13.8. The molecule has 0 saturated carbocycles. The van der Waals surface area contributed by atoms with Crippen LogP contribution >= 0.6 is 0 Å². The van der Waals surface area contributed by atoms with E-state index in [1.807, 2.05) is 18.2 Å². The maximum absolute atomic E-state index is 12.1. The van der Waals surface area contributed by atoms with E-state index in [1.54, 1.807) is 37.4 Å². The van der Waals surface area contributed by atoms with Crippen LogP contribution in [-0.2, 0) is 11.3 Å². The van der Waals surface area contributed by atoms with Gasteiger partial charge in [-0.1, -0.05) is 6.07 Å². The standard InChI is InChI=1S/C13H16N4O2/c1-16(10-4-3-5-11(8-10)19-2)13(18)9-17-7-6-12(14)15-17/h3-8H,9H2,1-2H3,(H2,14,15). The molecule has 0 bridgehead atoms. The van der Waals surface area contributed by atoms with E-state index >= 15 is 0 Å². The number of carbonyl (C=O) groups excluding carboxylic acids is 1. The van der Waals surface area contributed by atoms with Gasteiger partial charge in [-0.3, -0.25) is 9.48 Å². The molecule has 1 amide bonds. The van der Waals surface area contributed by atoms with Crippen molar-refractivity contribution in [2.75, 3.05) is 24.8 Å². The van der Waals surface area contributed by atoms with Gasteiger partial charge in [0.1, 0.15) is 18.1 Å². The maximum Gasteiger partial charge on any atom is 0.248 e. The third-order valence-electron chi connectivity index (χ3n) is 2.77. The zero-order valence-electron chi connectivity index (χ0n) is 10.9. The topological polar surface area (TPSA) is 73.4 Å². The number of likely N-dealkylation sites (N-methyl/N-ethyl adjacent to an activating group) is 1. The van der Waals surface area contributed by atoms with Gasteiger partial charge in [0.2, 0.25) is 5.91 Å². The Labute approximate surface area is 111 Å². The summed E-state index contributed by atoms with van der Waals surface area (Å²) in [5, 5.41) is 3.98. The second-order valence-electron chi connectivity index (χ2n) is 4.09. The number of carbonyl (C=O) groups is 1. The molecule has 0 unspecified atom stereocenters. The Bertz CT molecular complexity index is 580. The third-order valence-corrected chi connectivity index (χ3v) is 2.77. The molecule has 0 atom stereocenters. The van der Waals surface area contributed by atoms with Gasteiger partial charge in [0, 0.05) is 25.0 Å². The van der Waals surface area contributed by atoms with Crippen molar-refractivity contribution in [2.45, 2.75) is 6.54 Å². The van der Waals surface area contributed by atoms with Crippen LogP contribution in [0.15, 0.2) is 36.5 Å². The van der Waals surface area contributed by atoms with Crippen LogP contribution in [0.25, 0.3) is 0 Å². The van der Waals surface area contributed by atoms with Crippen LogP contribution in [0.3, 0.4) is 0 Å². The van der Waals surface area contributed by atoms with Gasteiger partial charge in [-0.2, -0.15) is 5.10 Å². The van der Waals surface area contributed by atoms with Crippen LogP contribution in [0.4, 0.5) is 11.5 Å². The summed E-state index contributed by atoms with van der Waals surface area (Å²) in [5.41, 5.74) is 6.27. The number of aromatic nitrogens is 2. The first kappa shape index (κ1) is 12.9. The quantitative estimate of drug-likeness (QED) is 0.894. The van der Waals surface area contributed by atoms with Gasteiger partial charge in [-0.15, -0.1) is 0 Å². The van der Waals surface area contributed by atoms with Gasteiger partial charge in [-0.25, -0.2) is 0 Å². The number of ether oxygens (including phenoxy) is 1. The number of anilines is 2. The van der Waals surface area contributed by atoms with Crippen molar-refractivity contribution >= 4 is 17.4 Å². The first-order valence-electron chi connectivity index (χ1n) is 5.79. The van der Waals surface area contributed by atoms with E-state index in [2.05, 4.69) is 5.10 Å². The van der Waals surface area contributed by atoms with Crippen LogP contribution < -0.4 is 15.4 Å². The highest BCUT2D eigenvalue weighted by molar-refractivity contribution is 5.92. The highest BCUT2D eigenvalue weighted by atomic mass is 16.5. The van der Waals surface area contributed by atoms with Crippen molar-refractivity contribution in [2.24, 2.45) is 0 Å².